The molecule has 2 aromatic rings. The molecule has 9 heteroatoms. The number of benzene rings is 2. The molecule has 1 aliphatic heterocycles. The maximum absolute atomic E-state index is 12.3. The zero-order valence-corrected chi connectivity index (χ0v) is 19.4. The number of sulfonamides is 1. The van der Waals surface area contributed by atoms with Crippen molar-refractivity contribution in [2.45, 2.75) is 17.9 Å². The van der Waals surface area contributed by atoms with E-state index in [1.54, 1.807) is 12.1 Å². The minimum Gasteiger partial charge on any atom is -0.326 e. The molecule has 7 nitrogen and oxygen atoms in total. The minimum atomic E-state index is -3.65. The molecule has 0 bridgehead atoms. The first-order valence-electron chi connectivity index (χ1n) is 9.87. The van der Waals surface area contributed by atoms with Crippen LogP contribution in [0.4, 0.5) is 5.69 Å². The molecular weight excluding hydrogens is 468 g/mol. The van der Waals surface area contributed by atoms with E-state index >= 15 is 0 Å². The van der Waals surface area contributed by atoms with E-state index in [-0.39, 0.29) is 23.8 Å². The Kier molecular flexibility index (Phi) is 8.01. The van der Waals surface area contributed by atoms with Crippen LogP contribution in [0, 0.1) is 0 Å². The summed E-state index contributed by atoms with van der Waals surface area (Å²) in [6.45, 7) is 5.07. The van der Waals surface area contributed by atoms with Crippen molar-refractivity contribution in [3.8, 4) is 0 Å². The van der Waals surface area contributed by atoms with Crippen molar-refractivity contribution in [1.82, 2.24) is 14.5 Å². The molecule has 0 unspecified atom stereocenters. The lowest BCUT2D eigenvalue weighted by Crippen LogP contribution is -2.43. The van der Waals surface area contributed by atoms with E-state index in [2.05, 4.69) is 48.9 Å². The summed E-state index contributed by atoms with van der Waals surface area (Å²) < 4.78 is 27.8. The molecule has 0 aliphatic carbocycles. The Bertz CT molecular complexity index is 976. The highest BCUT2D eigenvalue weighted by molar-refractivity contribution is 9.10. The van der Waals surface area contributed by atoms with Crippen molar-refractivity contribution < 1.29 is 13.2 Å². The molecular formula is C21H27BrN4O3S. The molecule has 0 aromatic heterocycles. The molecule has 162 valence electrons. The lowest BCUT2D eigenvalue weighted by molar-refractivity contribution is -0.116. The number of hydrogen-bond donors (Lipinski definition) is 2. The third-order valence-electron chi connectivity index (χ3n) is 4.96. The maximum Gasteiger partial charge on any atom is 0.240 e. The minimum absolute atomic E-state index is 0.0294. The predicted octanol–water partition coefficient (Wildman–Crippen LogP) is 2.50. The monoisotopic (exact) mass is 494 g/mol. The van der Waals surface area contributed by atoms with Crippen LogP contribution in [-0.4, -0.2) is 63.9 Å². The average Bonchev–Trinajstić information content (AvgIpc) is 2.70. The molecule has 1 saturated heterocycles. The van der Waals surface area contributed by atoms with Crippen LogP contribution in [0.1, 0.15) is 12.0 Å². The Labute approximate surface area is 186 Å². The fraction of sp³-hybridized carbons (Fsp3) is 0.381. The van der Waals surface area contributed by atoms with Crippen molar-refractivity contribution in [1.29, 1.82) is 0 Å². The Hall–Kier alpha value is -1.78. The predicted molar refractivity (Wildman–Crippen MR) is 122 cm³/mol. The molecule has 1 aliphatic rings. The largest absolute Gasteiger partial charge is 0.326 e. The van der Waals surface area contributed by atoms with Crippen LogP contribution in [-0.2, 0) is 21.4 Å². The van der Waals surface area contributed by atoms with Gasteiger partial charge in [0.25, 0.3) is 0 Å². The number of amides is 1. The van der Waals surface area contributed by atoms with Crippen molar-refractivity contribution in [2.75, 3.05) is 45.1 Å². The molecule has 0 atom stereocenters. The summed E-state index contributed by atoms with van der Waals surface area (Å²) >= 11 is 3.26. The second kappa shape index (κ2) is 10.5. The van der Waals surface area contributed by atoms with Crippen molar-refractivity contribution >= 4 is 37.5 Å². The number of carbonyl (C=O) groups excluding carboxylic acids is 1. The third-order valence-corrected chi connectivity index (χ3v) is 6.92. The highest BCUT2D eigenvalue weighted by atomic mass is 79.9. The number of rotatable bonds is 8. The smallest absolute Gasteiger partial charge is 0.240 e. The Balaban J connectivity index is 1.48. The summed E-state index contributed by atoms with van der Waals surface area (Å²) in [4.78, 5) is 17.1. The summed E-state index contributed by atoms with van der Waals surface area (Å²) in [7, 11) is -1.52. The molecule has 2 aromatic carbocycles. The summed E-state index contributed by atoms with van der Waals surface area (Å²) in [5.74, 6) is -0.233. The Morgan fingerprint density at radius 3 is 2.53 bits per heavy atom. The van der Waals surface area contributed by atoms with Gasteiger partial charge >= 0.3 is 0 Å². The summed E-state index contributed by atoms with van der Waals surface area (Å²) in [5.41, 5.74) is 1.87. The van der Waals surface area contributed by atoms with Gasteiger partial charge < -0.3 is 10.2 Å². The van der Waals surface area contributed by atoms with Gasteiger partial charge in [0.1, 0.15) is 0 Å². The fourth-order valence-electron chi connectivity index (χ4n) is 3.25. The first-order chi connectivity index (χ1) is 14.3. The number of likely N-dealkylation sites (N-methyl/N-ethyl adjacent to an activating group) is 1. The number of hydrogen-bond acceptors (Lipinski definition) is 5. The van der Waals surface area contributed by atoms with Crippen LogP contribution in [0.25, 0.3) is 0 Å². The number of nitrogens with zero attached hydrogens (tertiary/aromatic N) is 2. The number of anilines is 1. The molecule has 0 radical (unpaired) electrons. The first kappa shape index (κ1) is 22.9. The van der Waals surface area contributed by atoms with E-state index in [1.165, 1.54) is 12.1 Å². The number of carbonyl (C=O) groups is 1. The van der Waals surface area contributed by atoms with Gasteiger partial charge in [-0.1, -0.05) is 34.1 Å². The van der Waals surface area contributed by atoms with E-state index in [0.29, 0.717) is 4.47 Å². The van der Waals surface area contributed by atoms with Gasteiger partial charge in [-0.05, 0) is 42.9 Å². The van der Waals surface area contributed by atoms with Crippen molar-refractivity contribution in [3.05, 3.63) is 58.6 Å². The molecule has 3 rings (SSSR count). The van der Waals surface area contributed by atoms with Crippen molar-refractivity contribution in [2.24, 2.45) is 0 Å². The lowest BCUT2D eigenvalue weighted by Gasteiger charge is -2.32. The van der Waals surface area contributed by atoms with E-state index in [4.69, 9.17) is 0 Å². The van der Waals surface area contributed by atoms with Crippen molar-refractivity contribution in [3.63, 3.8) is 0 Å². The van der Waals surface area contributed by atoms with Gasteiger partial charge in [-0.3, -0.25) is 9.69 Å². The van der Waals surface area contributed by atoms with Crippen LogP contribution >= 0.6 is 15.9 Å². The van der Waals surface area contributed by atoms with Gasteiger partial charge in [0.2, 0.25) is 15.9 Å². The molecule has 1 fully saturated rings. The van der Waals surface area contributed by atoms with Gasteiger partial charge in [-0.15, -0.1) is 0 Å². The standard InChI is InChI=1S/C21H27BrN4O3S/c1-25-10-12-26(13-11-25)16-17-4-2-6-19(14-17)24-21(27)8-9-23-30(28,29)20-7-3-5-18(22)15-20/h2-7,14-15,23H,8-13,16H2,1H3,(H,24,27). The lowest BCUT2D eigenvalue weighted by atomic mass is 10.1. The number of halogens is 1. The summed E-state index contributed by atoms with van der Waals surface area (Å²) in [6, 6.07) is 14.2. The third kappa shape index (κ3) is 6.88. The Morgan fingerprint density at radius 1 is 1.07 bits per heavy atom. The average molecular weight is 495 g/mol. The van der Waals surface area contributed by atoms with E-state index < -0.39 is 10.0 Å². The van der Waals surface area contributed by atoms with E-state index in [9.17, 15) is 13.2 Å². The molecule has 0 spiro atoms. The van der Waals surface area contributed by atoms with Gasteiger partial charge in [0.05, 0.1) is 4.90 Å². The highest BCUT2D eigenvalue weighted by Crippen LogP contribution is 2.16. The van der Waals surface area contributed by atoms with Crippen LogP contribution < -0.4 is 10.0 Å². The van der Waals surface area contributed by atoms with Crippen LogP contribution in [0.15, 0.2) is 57.9 Å². The quantitative estimate of drug-likeness (QED) is 0.589. The molecule has 1 amide bonds. The molecule has 2 N–H and O–H groups in total. The maximum atomic E-state index is 12.3. The molecule has 1 heterocycles. The summed E-state index contributed by atoms with van der Waals surface area (Å²) in [6.07, 6.45) is 0.0515. The van der Waals surface area contributed by atoms with Crippen LogP contribution in [0.3, 0.4) is 0 Å². The first-order valence-corrected chi connectivity index (χ1v) is 12.1. The second-order valence-electron chi connectivity index (χ2n) is 7.43. The number of nitrogens with one attached hydrogen (secondary N) is 2. The SMILES string of the molecule is CN1CCN(Cc2cccc(NC(=O)CCNS(=O)(=O)c3cccc(Br)c3)c2)CC1. The van der Waals surface area contributed by atoms with Crippen LogP contribution in [0.2, 0.25) is 0 Å². The van der Waals surface area contributed by atoms with E-state index in [1.807, 2.05) is 18.2 Å². The topological polar surface area (TPSA) is 81.8 Å². The number of piperazine rings is 1. The Morgan fingerprint density at radius 2 is 1.80 bits per heavy atom. The highest BCUT2D eigenvalue weighted by Gasteiger charge is 2.15. The zero-order chi connectivity index (χ0) is 21.6. The van der Waals surface area contributed by atoms with E-state index in [0.717, 1.165) is 44.0 Å². The summed E-state index contributed by atoms with van der Waals surface area (Å²) in [5, 5.41) is 2.85. The van der Waals surface area contributed by atoms with Gasteiger partial charge in [-0.2, -0.15) is 0 Å². The van der Waals surface area contributed by atoms with Gasteiger partial charge in [0.15, 0.2) is 0 Å². The van der Waals surface area contributed by atoms with Crippen LogP contribution in [0.5, 0.6) is 0 Å². The zero-order valence-electron chi connectivity index (χ0n) is 17.0. The van der Waals surface area contributed by atoms with Gasteiger partial charge in [0, 0.05) is 55.8 Å². The normalized spacial score (nSPS) is 15.8. The second-order valence-corrected chi connectivity index (χ2v) is 10.1. The molecule has 0 saturated carbocycles. The van der Waals surface area contributed by atoms with Gasteiger partial charge in [-0.25, -0.2) is 13.1 Å². The fourth-order valence-corrected chi connectivity index (χ4v) is 4.88. The molecule has 30 heavy (non-hydrogen) atoms.